The van der Waals surface area contributed by atoms with Crippen LogP contribution in [-0.2, 0) is 0 Å². The van der Waals surface area contributed by atoms with Gasteiger partial charge in [0.15, 0.2) is 11.7 Å². The highest BCUT2D eigenvalue weighted by molar-refractivity contribution is 6.08. The van der Waals surface area contributed by atoms with Gasteiger partial charge in [0.25, 0.3) is 5.91 Å². The Balaban J connectivity index is 2.29. The molecular weight excluding hydrogens is 244 g/mol. The zero-order valence-corrected chi connectivity index (χ0v) is 11.0. The van der Waals surface area contributed by atoms with Gasteiger partial charge in [-0.1, -0.05) is 12.1 Å². The van der Waals surface area contributed by atoms with Crippen LogP contribution in [0.4, 0.5) is 5.69 Å². The number of anilines is 1. The van der Waals surface area contributed by atoms with Crippen molar-refractivity contribution < 1.29 is 14.0 Å². The lowest BCUT2D eigenvalue weighted by molar-refractivity contribution is 0.0994. The number of hydrogen-bond acceptors (Lipinski definition) is 4. The quantitative estimate of drug-likeness (QED) is 0.859. The van der Waals surface area contributed by atoms with E-state index in [0.29, 0.717) is 22.8 Å². The molecule has 2 rings (SSSR count). The number of oxazole rings is 1. The maximum Gasteiger partial charge on any atom is 0.293 e. The Hall–Kier alpha value is -2.43. The van der Waals surface area contributed by atoms with Crippen molar-refractivity contribution in [2.24, 2.45) is 0 Å². The molecule has 0 unspecified atom stereocenters. The van der Waals surface area contributed by atoms with Gasteiger partial charge in [-0.25, -0.2) is 4.98 Å². The van der Waals surface area contributed by atoms with Gasteiger partial charge in [0, 0.05) is 12.5 Å². The fourth-order valence-corrected chi connectivity index (χ4v) is 1.82. The molecule has 0 fully saturated rings. The van der Waals surface area contributed by atoms with E-state index in [2.05, 4.69) is 10.3 Å². The third kappa shape index (κ3) is 2.70. The number of carbonyl (C=O) groups is 2. The minimum atomic E-state index is -0.410. The normalized spacial score (nSPS) is 10.3. The summed E-state index contributed by atoms with van der Waals surface area (Å²) in [6, 6.07) is 6.83. The number of nitrogens with one attached hydrogen (secondary N) is 1. The summed E-state index contributed by atoms with van der Waals surface area (Å²) in [4.78, 5) is 27.6. The van der Waals surface area contributed by atoms with Crippen LogP contribution < -0.4 is 5.32 Å². The van der Waals surface area contributed by atoms with Gasteiger partial charge in [-0.2, -0.15) is 0 Å². The van der Waals surface area contributed by atoms with Gasteiger partial charge in [0.05, 0.1) is 11.4 Å². The van der Waals surface area contributed by atoms with Crippen LogP contribution >= 0.6 is 0 Å². The summed E-state index contributed by atoms with van der Waals surface area (Å²) < 4.78 is 5.24. The van der Waals surface area contributed by atoms with Crippen LogP contribution in [0.25, 0.3) is 0 Å². The van der Waals surface area contributed by atoms with Crippen molar-refractivity contribution in [2.45, 2.75) is 20.8 Å². The molecule has 1 aromatic carbocycles. The standard InChI is InChI=1S/C14H14N2O3/c1-8-13(19-10(3)15-8)14(18)16-12-7-5-4-6-11(12)9(2)17/h4-7H,1-3H3,(H,16,18). The van der Waals surface area contributed by atoms with Gasteiger partial charge in [0.1, 0.15) is 0 Å². The molecule has 0 spiro atoms. The molecule has 0 aliphatic carbocycles. The molecule has 0 aliphatic rings. The van der Waals surface area contributed by atoms with Crippen LogP contribution in [0.1, 0.15) is 39.4 Å². The Kier molecular flexibility index (Phi) is 3.46. The third-order valence-corrected chi connectivity index (χ3v) is 2.66. The Morgan fingerprint density at radius 2 is 1.89 bits per heavy atom. The molecule has 0 saturated heterocycles. The summed E-state index contributed by atoms with van der Waals surface area (Å²) in [5.41, 5.74) is 1.45. The smallest absolute Gasteiger partial charge is 0.293 e. The van der Waals surface area contributed by atoms with E-state index in [1.54, 1.807) is 38.1 Å². The monoisotopic (exact) mass is 258 g/mol. The number of nitrogens with zero attached hydrogens (tertiary/aromatic N) is 1. The predicted octanol–water partition coefficient (Wildman–Crippen LogP) is 2.75. The number of rotatable bonds is 3. The summed E-state index contributed by atoms with van der Waals surface area (Å²) in [5.74, 6) is 0.0755. The van der Waals surface area contributed by atoms with Crippen LogP contribution in [0.15, 0.2) is 28.7 Å². The third-order valence-electron chi connectivity index (χ3n) is 2.66. The maximum absolute atomic E-state index is 12.1. The summed E-state index contributed by atoms with van der Waals surface area (Å²) in [7, 11) is 0. The summed E-state index contributed by atoms with van der Waals surface area (Å²) in [5, 5.41) is 2.67. The maximum atomic E-state index is 12.1. The number of para-hydroxylation sites is 1. The number of aryl methyl sites for hydroxylation is 2. The van der Waals surface area contributed by atoms with E-state index in [4.69, 9.17) is 4.42 Å². The van der Waals surface area contributed by atoms with E-state index in [1.165, 1.54) is 6.92 Å². The molecule has 1 aromatic heterocycles. The molecule has 1 heterocycles. The lowest BCUT2D eigenvalue weighted by Crippen LogP contribution is -2.14. The van der Waals surface area contributed by atoms with Gasteiger partial charge < -0.3 is 9.73 Å². The minimum absolute atomic E-state index is 0.110. The molecule has 98 valence electrons. The van der Waals surface area contributed by atoms with Gasteiger partial charge in [-0.05, 0) is 26.0 Å². The van der Waals surface area contributed by atoms with Crippen LogP contribution in [0.5, 0.6) is 0 Å². The molecule has 1 N–H and O–H groups in total. The van der Waals surface area contributed by atoms with Gasteiger partial charge in [-0.15, -0.1) is 0 Å². The zero-order valence-electron chi connectivity index (χ0n) is 11.0. The Bertz CT molecular complexity index is 644. The van der Waals surface area contributed by atoms with E-state index in [1.807, 2.05) is 0 Å². The van der Waals surface area contributed by atoms with Crippen molar-refractivity contribution in [2.75, 3.05) is 5.32 Å². The van der Waals surface area contributed by atoms with Gasteiger partial charge >= 0.3 is 0 Å². The average molecular weight is 258 g/mol. The predicted molar refractivity (Wildman–Crippen MR) is 70.4 cm³/mol. The summed E-state index contributed by atoms with van der Waals surface area (Å²) >= 11 is 0. The fourth-order valence-electron chi connectivity index (χ4n) is 1.82. The number of ketones is 1. The zero-order chi connectivity index (χ0) is 14.0. The minimum Gasteiger partial charge on any atom is -0.436 e. The second-order valence-electron chi connectivity index (χ2n) is 4.20. The Morgan fingerprint density at radius 3 is 2.47 bits per heavy atom. The summed E-state index contributed by atoms with van der Waals surface area (Å²) in [6.07, 6.45) is 0. The van der Waals surface area contributed by atoms with Crippen molar-refractivity contribution in [1.82, 2.24) is 4.98 Å². The lowest BCUT2D eigenvalue weighted by Gasteiger charge is -2.07. The molecule has 5 nitrogen and oxygen atoms in total. The second kappa shape index (κ2) is 5.06. The molecule has 0 atom stereocenters. The molecule has 0 aliphatic heterocycles. The van der Waals surface area contributed by atoms with E-state index < -0.39 is 5.91 Å². The van der Waals surface area contributed by atoms with E-state index in [9.17, 15) is 9.59 Å². The molecule has 2 aromatic rings. The molecule has 0 bridgehead atoms. The molecule has 1 amide bonds. The van der Waals surface area contributed by atoms with E-state index in [0.717, 1.165) is 0 Å². The highest BCUT2D eigenvalue weighted by Crippen LogP contribution is 2.18. The first-order valence-electron chi connectivity index (χ1n) is 5.84. The van der Waals surface area contributed by atoms with Crippen LogP contribution in [0, 0.1) is 13.8 Å². The van der Waals surface area contributed by atoms with Gasteiger partial charge in [-0.3, -0.25) is 9.59 Å². The lowest BCUT2D eigenvalue weighted by atomic mass is 10.1. The van der Waals surface area contributed by atoms with Gasteiger partial charge in [0.2, 0.25) is 5.76 Å². The Morgan fingerprint density at radius 1 is 1.21 bits per heavy atom. The number of Topliss-reactive ketones (excluding diaryl/α,β-unsaturated/α-hetero) is 1. The molecule has 0 saturated carbocycles. The SMILES string of the molecule is CC(=O)c1ccccc1NC(=O)c1oc(C)nc1C. The van der Waals surface area contributed by atoms with Crippen LogP contribution in [0.2, 0.25) is 0 Å². The average Bonchev–Trinajstić information content (AvgIpc) is 2.69. The number of amides is 1. The van der Waals surface area contributed by atoms with Crippen molar-refractivity contribution in [1.29, 1.82) is 0 Å². The first kappa shape index (κ1) is 13.0. The number of aromatic nitrogens is 1. The van der Waals surface area contributed by atoms with Crippen molar-refractivity contribution in [3.8, 4) is 0 Å². The van der Waals surface area contributed by atoms with E-state index in [-0.39, 0.29) is 11.5 Å². The molecule has 0 radical (unpaired) electrons. The number of benzene rings is 1. The van der Waals surface area contributed by atoms with Crippen LogP contribution in [0.3, 0.4) is 0 Å². The fraction of sp³-hybridized carbons (Fsp3) is 0.214. The molecule has 5 heteroatoms. The highest BCUT2D eigenvalue weighted by Gasteiger charge is 2.17. The molecular formula is C14H14N2O3. The second-order valence-corrected chi connectivity index (χ2v) is 4.20. The number of carbonyl (C=O) groups excluding carboxylic acids is 2. The van der Waals surface area contributed by atoms with Crippen molar-refractivity contribution >= 4 is 17.4 Å². The highest BCUT2D eigenvalue weighted by atomic mass is 16.4. The first-order valence-corrected chi connectivity index (χ1v) is 5.84. The largest absolute Gasteiger partial charge is 0.436 e. The topological polar surface area (TPSA) is 72.2 Å². The van der Waals surface area contributed by atoms with Crippen molar-refractivity contribution in [3.63, 3.8) is 0 Å². The van der Waals surface area contributed by atoms with Crippen LogP contribution in [-0.4, -0.2) is 16.7 Å². The number of hydrogen-bond donors (Lipinski definition) is 1. The Labute approximate surface area is 110 Å². The van der Waals surface area contributed by atoms with E-state index >= 15 is 0 Å². The molecule has 19 heavy (non-hydrogen) atoms. The summed E-state index contributed by atoms with van der Waals surface area (Å²) in [6.45, 7) is 4.82. The van der Waals surface area contributed by atoms with Crippen molar-refractivity contribution in [3.05, 3.63) is 47.2 Å². The first-order chi connectivity index (χ1) is 8.99.